The summed E-state index contributed by atoms with van der Waals surface area (Å²) in [7, 11) is -8.09. The van der Waals surface area contributed by atoms with E-state index in [9.17, 15) is 91.8 Å². The molecule has 0 aliphatic carbocycles. The molecule has 1 aromatic carbocycles. The molecule has 53 heavy (non-hydrogen) atoms. The molecule has 7 nitrogen and oxygen atoms in total. The van der Waals surface area contributed by atoms with Gasteiger partial charge >= 0.3 is 51.5 Å². The van der Waals surface area contributed by atoms with Gasteiger partial charge in [0.2, 0.25) is 21.2 Å². The molecule has 0 heterocycles. The summed E-state index contributed by atoms with van der Waals surface area (Å²) in [5.41, 5.74) is -15.0. The van der Waals surface area contributed by atoms with Crippen LogP contribution in [0, 0.1) is 5.41 Å². The van der Waals surface area contributed by atoms with Gasteiger partial charge in [-0.05, 0) is 51.5 Å². The average Bonchev–Trinajstić information content (AvgIpc) is 2.94. The molecule has 1 aromatic rings. The summed E-state index contributed by atoms with van der Waals surface area (Å²) in [6, 6.07) is -0.115. The van der Waals surface area contributed by atoms with E-state index in [2.05, 4.69) is 4.74 Å². The molecule has 0 amide bonds. The van der Waals surface area contributed by atoms with Crippen molar-refractivity contribution in [2.45, 2.75) is 80.9 Å². The predicted molar refractivity (Wildman–Crippen MR) is 142 cm³/mol. The minimum absolute atomic E-state index is 0.00605. The third-order valence-electron chi connectivity index (χ3n) is 6.62. The standard InChI is InChI=1S/C25H26F19NO6SSi/c1-4-48-53(49-5-2,50-6-3)13-7-12-45-52(46,47)15-10-8-14(9-11-15)51-17(20(29,30)31)16(19(26,27)28)18(23(36,37)38,21(32,33)24(39,40)41)22(34,35)25(42,43)44/h8-11,45H,4-7,12-13H2,1-3H3. The van der Waals surface area contributed by atoms with Gasteiger partial charge in [0.1, 0.15) is 11.3 Å². The number of sulfonamides is 1. The monoisotopic (exact) mass is 857 g/mol. The van der Waals surface area contributed by atoms with Crippen LogP contribution in [0.2, 0.25) is 6.04 Å². The van der Waals surface area contributed by atoms with E-state index in [4.69, 9.17) is 13.3 Å². The summed E-state index contributed by atoms with van der Waals surface area (Å²) in [5, 5.41) is 0. The number of alkyl halides is 19. The van der Waals surface area contributed by atoms with Gasteiger partial charge in [0, 0.05) is 32.4 Å². The number of nitrogens with one attached hydrogen (secondary N) is 1. The Morgan fingerprint density at radius 3 is 1.32 bits per heavy atom. The van der Waals surface area contributed by atoms with Crippen LogP contribution in [-0.2, 0) is 23.3 Å². The normalized spacial score (nSPS) is 15.4. The fourth-order valence-corrected chi connectivity index (χ4v) is 8.28. The van der Waals surface area contributed by atoms with Gasteiger partial charge in [-0.25, -0.2) is 13.1 Å². The molecule has 0 atom stereocenters. The number of halogens is 19. The van der Waals surface area contributed by atoms with Crippen LogP contribution < -0.4 is 9.46 Å². The van der Waals surface area contributed by atoms with Gasteiger partial charge in [-0.3, -0.25) is 0 Å². The zero-order chi connectivity index (χ0) is 41.9. The number of rotatable bonds is 17. The van der Waals surface area contributed by atoms with Crippen molar-refractivity contribution in [3.05, 3.63) is 35.6 Å². The van der Waals surface area contributed by atoms with Crippen LogP contribution >= 0.6 is 0 Å². The highest BCUT2D eigenvalue weighted by atomic mass is 32.2. The molecule has 0 spiro atoms. The first-order chi connectivity index (χ1) is 23.6. The van der Waals surface area contributed by atoms with Gasteiger partial charge in [0.05, 0.1) is 4.90 Å². The Morgan fingerprint density at radius 2 is 1.02 bits per heavy atom. The Morgan fingerprint density at radius 1 is 0.623 bits per heavy atom. The number of hydrogen-bond acceptors (Lipinski definition) is 6. The van der Waals surface area contributed by atoms with E-state index in [1.54, 1.807) is 20.8 Å². The van der Waals surface area contributed by atoms with Gasteiger partial charge in [-0.1, -0.05) is 0 Å². The van der Waals surface area contributed by atoms with E-state index in [1.807, 2.05) is 4.72 Å². The Labute approximate surface area is 287 Å². The number of benzene rings is 1. The minimum atomic E-state index is -9.16. The van der Waals surface area contributed by atoms with Crippen molar-refractivity contribution in [1.29, 1.82) is 0 Å². The highest BCUT2D eigenvalue weighted by Gasteiger charge is 2.96. The molecule has 0 saturated carbocycles. The summed E-state index contributed by atoms with van der Waals surface area (Å²) >= 11 is 0. The van der Waals surface area contributed by atoms with Crippen molar-refractivity contribution >= 4 is 18.8 Å². The van der Waals surface area contributed by atoms with E-state index in [0.29, 0.717) is 0 Å². The van der Waals surface area contributed by atoms with Gasteiger partial charge in [0.15, 0.2) is 0 Å². The van der Waals surface area contributed by atoms with Crippen LogP contribution in [0.5, 0.6) is 5.75 Å². The molecule has 310 valence electrons. The van der Waals surface area contributed by atoms with Crippen LogP contribution in [0.25, 0.3) is 0 Å². The molecular formula is C25H26F19NO6SSi. The SMILES string of the molecule is CCO[Si](CCCNS(=O)(=O)c1ccc(OC(=C(C(F)(F)F)C(C(F)(F)F)(C(F)(F)C(F)(F)F)C(F)(F)C(F)(F)F)C(F)(F)F)cc1)(OCC)OCC. The molecule has 0 bridgehead atoms. The van der Waals surface area contributed by atoms with Gasteiger partial charge in [-0.2, -0.15) is 83.4 Å². The van der Waals surface area contributed by atoms with E-state index >= 15 is 0 Å². The van der Waals surface area contributed by atoms with Crippen LogP contribution in [0.1, 0.15) is 27.2 Å². The smallest absolute Gasteiger partial charge is 0.452 e. The van der Waals surface area contributed by atoms with Gasteiger partial charge in [0.25, 0.3) is 0 Å². The van der Waals surface area contributed by atoms with E-state index < -0.39 is 95.5 Å². The van der Waals surface area contributed by atoms with Crippen molar-refractivity contribution in [2.75, 3.05) is 26.4 Å². The maximum atomic E-state index is 14.5. The first-order valence-corrected chi connectivity index (χ1v) is 17.5. The second kappa shape index (κ2) is 16.3. The highest BCUT2D eigenvalue weighted by Crippen LogP contribution is 2.72. The Kier molecular flexibility index (Phi) is 14.9. The van der Waals surface area contributed by atoms with Crippen molar-refractivity contribution < 1.29 is 110 Å². The molecular weight excluding hydrogens is 831 g/mol. The first kappa shape index (κ1) is 48.5. The van der Waals surface area contributed by atoms with Gasteiger partial charge in [-0.15, -0.1) is 0 Å². The largest absolute Gasteiger partial charge is 0.500 e. The lowest BCUT2D eigenvalue weighted by atomic mass is 9.66. The molecule has 0 unspecified atom stereocenters. The Hall–Kier alpha value is -2.56. The second-order valence-electron chi connectivity index (χ2n) is 10.1. The van der Waals surface area contributed by atoms with Crippen molar-refractivity contribution in [2.24, 2.45) is 5.41 Å². The molecule has 0 saturated heterocycles. The first-order valence-electron chi connectivity index (χ1n) is 14.1. The molecule has 0 aliphatic rings. The lowest BCUT2D eigenvalue weighted by Crippen LogP contribution is -2.73. The second-order valence-corrected chi connectivity index (χ2v) is 14.6. The zero-order valence-electron chi connectivity index (χ0n) is 26.6. The third-order valence-corrected chi connectivity index (χ3v) is 11.2. The third kappa shape index (κ3) is 10.0. The predicted octanol–water partition coefficient (Wildman–Crippen LogP) is 9.10. The fourth-order valence-electron chi connectivity index (χ4n) is 4.60. The maximum Gasteiger partial charge on any atom is 0.500 e. The van der Waals surface area contributed by atoms with Crippen LogP contribution in [0.3, 0.4) is 0 Å². The molecule has 1 rings (SSSR count). The fraction of sp³-hybridized carbons (Fsp3) is 0.680. The summed E-state index contributed by atoms with van der Waals surface area (Å²) in [4.78, 5) is -1.03. The highest BCUT2D eigenvalue weighted by molar-refractivity contribution is 7.89. The minimum Gasteiger partial charge on any atom is -0.452 e. The summed E-state index contributed by atoms with van der Waals surface area (Å²) < 4.78 is 310. The van der Waals surface area contributed by atoms with Crippen LogP contribution in [0.4, 0.5) is 83.4 Å². The van der Waals surface area contributed by atoms with E-state index in [-0.39, 0.29) is 56.6 Å². The number of ether oxygens (including phenoxy) is 1. The molecule has 1 N–H and O–H groups in total. The van der Waals surface area contributed by atoms with Crippen LogP contribution in [-0.4, -0.2) is 86.3 Å². The number of hydrogen-bond donors (Lipinski definition) is 1. The lowest BCUT2D eigenvalue weighted by Gasteiger charge is -2.48. The molecule has 0 fully saturated rings. The maximum absolute atomic E-state index is 14.5. The molecule has 0 radical (unpaired) electrons. The van der Waals surface area contributed by atoms with E-state index in [1.165, 1.54) is 0 Å². The van der Waals surface area contributed by atoms with Crippen molar-refractivity contribution in [3.8, 4) is 5.75 Å². The number of allylic oxidation sites excluding steroid dienone is 2. The van der Waals surface area contributed by atoms with Gasteiger partial charge < -0.3 is 18.0 Å². The topological polar surface area (TPSA) is 83.1 Å². The van der Waals surface area contributed by atoms with E-state index in [0.717, 1.165) is 0 Å². The summed E-state index contributed by atoms with van der Waals surface area (Å²) in [6.45, 7) is 4.68. The summed E-state index contributed by atoms with van der Waals surface area (Å²) in [5.74, 6) is -25.0. The van der Waals surface area contributed by atoms with Crippen LogP contribution in [0.15, 0.2) is 40.5 Å². The molecule has 0 aliphatic heterocycles. The molecule has 28 heteroatoms. The lowest BCUT2D eigenvalue weighted by molar-refractivity contribution is -0.457. The quantitative estimate of drug-likeness (QED) is 0.0729. The average molecular weight is 858 g/mol. The zero-order valence-corrected chi connectivity index (χ0v) is 28.4. The Bertz CT molecular complexity index is 1460. The Balaban J connectivity index is 3.96. The van der Waals surface area contributed by atoms with Crippen molar-refractivity contribution in [1.82, 2.24) is 4.72 Å². The molecule has 0 aromatic heterocycles. The summed E-state index contributed by atoms with van der Waals surface area (Å²) in [6.07, 6.45) is -41.6. The van der Waals surface area contributed by atoms with Crippen molar-refractivity contribution in [3.63, 3.8) is 0 Å².